The SMILES string of the molecule is CC(C)c1nc(CN=C(N)N)n(Cc2ccccn2)c1Sc1cccc(Cl)c1. The maximum Gasteiger partial charge on any atom is 0.186 e. The molecule has 3 rings (SSSR count). The van der Waals surface area contributed by atoms with Gasteiger partial charge >= 0.3 is 0 Å². The largest absolute Gasteiger partial charge is 0.370 e. The van der Waals surface area contributed by atoms with Crippen molar-refractivity contribution in [1.82, 2.24) is 14.5 Å². The number of halogens is 1. The second-order valence-corrected chi connectivity index (χ2v) is 8.08. The van der Waals surface area contributed by atoms with Crippen LogP contribution in [0.1, 0.15) is 37.0 Å². The summed E-state index contributed by atoms with van der Waals surface area (Å²) in [5.41, 5.74) is 13.0. The summed E-state index contributed by atoms with van der Waals surface area (Å²) in [5, 5.41) is 1.75. The van der Waals surface area contributed by atoms with Crippen molar-refractivity contribution in [3.63, 3.8) is 0 Å². The summed E-state index contributed by atoms with van der Waals surface area (Å²) in [4.78, 5) is 14.5. The van der Waals surface area contributed by atoms with E-state index in [-0.39, 0.29) is 11.9 Å². The van der Waals surface area contributed by atoms with Crippen LogP contribution in [-0.4, -0.2) is 20.5 Å². The van der Waals surface area contributed by atoms with Crippen LogP contribution in [0.3, 0.4) is 0 Å². The maximum absolute atomic E-state index is 6.18. The Kier molecular flexibility index (Phi) is 6.59. The third-order valence-electron chi connectivity index (χ3n) is 4.03. The van der Waals surface area contributed by atoms with Gasteiger partial charge in [0.15, 0.2) is 5.96 Å². The summed E-state index contributed by atoms with van der Waals surface area (Å²) in [6, 6.07) is 13.7. The molecule has 1 aromatic carbocycles. The molecule has 0 saturated carbocycles. The first-order valence-electron chi connectivity index (χ1n) is 8.92. The van der Waals surface area contributed by atoms with Gasteiger partial charge in [-0.15, -0.1) is 0 Å². The first kappa shape index (κ1) is 20.2. The molecule has 0 aliphatic heterocycles. The maximum atomic E-state index is 6.18. The van der Waals surface area contributed by atoms with Gasteiger partial charge in [0.2, 0.25) is 0 Å². The van der Waals surface area contributed by atoms with Crippen LogP contribution in [0.4, 0.5) is 0 Å². The standard InChI is InChI=1S/C20H23ClN6S/c1-13(2)18-19(28-16-8-5-6-14(21)10-16)27(12-15-7-3-4-9-24-15)17(26-18)11-25-20(22)23/h3-10,13H,11-12H2,1-2H3,(H4,22,23,25). The number of rotatable bonds is 7. The van der Waals surface area contributed by atoms with E-state index >= 15 is 0 Å². The van der Waals surface area contributed by atoms with E-state index in [2.05, 4.69) is 28.4 Å². The number of guanidine groups is 1. The van der Waals surface area contributed by atoms with Crippen LogP contribution in [0.5, 0.6) is 0 Å². The van der Waals surface area contributed by atoms with Gasteiger partial charge in [0, 0.05) is 16.1 Å². The van der Waals surface area contributed by atoms with Crippen LogP contribution in [-0.2, 0) is 13.1 Å². The van der Waals surface area contributed by atoms with Crippen LogP contribution < -0.4 is 11.5 Å². The van der Waals surface area contributed by atoms with E-state index in [1.165, 1.54) is 0 Å². The molecule has 0 bridgehead atoms. The molecule has 2 aromatic heterocycles. The van der Waals surface area contributed by atoms with Crippen molar-refractivity contribution in [1.29, 1.82) is 0 Å². The molecule has 2 heterocycles. The zero-order valence-corrected chi connectivity index (χ0v) is 17.4. The van der Waals surface area contributed by atoms with Gasteiger partial charge in [-0.25, -0.2) is 9.98 Å². The Labute approximate surface area is 174 Å². The van der Waals surface area contributed by atoms with Gasteiger partial charge in [0.1, 0.15) is 17.4 Å². The summed E-state index contributed by atoms with van der Waals surface area (Å²) in [6.07, 6.45) is 1.79. The monoisotopic (exact) mass is 414 g/mol. The molecular weight excluding hydrogens is 392 g/mol. The van der Waals surface area contributed by atoms with Crippen LogP contribution in [0.15, 0.2) is 63.6 Å². The molecule has 0 amide bonds. The summed E-state index contributed by atoms with van der Waals surface area (Å²) < 4.78 is 2.13. The minimum Gasteiger partial charge on any atom is -0.370 e. The number of aromatic nitrogens is 3. The molecule has 6 nitrogen and oxygen atoms in total. The average Bonchev–Trinajstić information content (AvgIpc) is 2.98. The van der Waals surface area contributed by atoms with Crippen LogP contribution in [0, 0.1) is 0 Å². The van der Waals surface area contributed by atoms with Crippen LogP contribution >= 0.6 is 23.4 Å². The molecule has 0 spiro atoms. The van der Waals surface area contributed by atoms with Gasteiger partial charge in [0.05, 0.1) is 17.9 Å². The molecule has 4 N–H and O–H groups in total. The van der Waals surface area contributed by atoms with Gasteiger partial charge in [-0.05, 0) is 36.2 Å². The molecule has 0 unspecified atom stereocenters. The smallest absolute Gasteiger partial charge is 0.186 e. The lowest BCUT2D eigenvalue weighted by atomic mass is 10.1. The molecule has 146 valence electrons. The fourth-order valence-electron chi connectivity index (χ4n) is 2.73. The van der Waals surface area contributed by atoms with E-state index < -0.39 is 0 Å². The van der Waals surface area contributed by atoms with Crippen molar-refractivity contribution in [2.45, 2.75) is 42.8 Å². The highest BCUT2D eigenvalue weighted by atomic mass is 35.5. The van der Waals surface area contributed by atoms with E-state index in [0.29, 0.717) is 18.1 Å². The predicted octanol–water partition coefficient (Wildman–Crippen LogP) is 4.03. The van der Waals surface area contributed by atoms with Gasteiger partial charge in [-0.2, -0.15) is 0 Å². The number of benzene rings is 1. The Bertz CT molecular complexity index is 964. The van der Waals surface area contributed by atoms with Gasteiger partial charge in [-0.1, -0.05) is 49.3 Å². The Morgan fingerprint density at radius 2 is 2.04 bits per heavy atom. The molecule has 0 aliphatic rings. The summed E-state index contributed by atoms with van der Waals surface area (Å²) >= 11 is 7.82. The number of imidazole rings is 1. The fraction of sp³-hybridized carbons (Fsp3) is 0.250. The molecular formula is C20H23ClN6S. The lowest BCUT2D eigenvalue weighted by molar-refractivity contribution is 0.657. The van der Waals surface area contributed by atoms with Crippen molar-refractivity contribution in [3.05, 3.63) is 70.9 Å². The normalized spacial score (nSPS) is 11.0. The molecule has 28 heavy (non-hydrogen) atoms. The zero-order valence-electron chi connectivity index (χ0n) is 15.8. The van der Waals surface area contributed by atoms with Crippen molar-refractivity contribution in [3.8, 4) is 0 Å². The van der Waals surface area contributed by atoms with Crippen molar-refractivity contribution < 1.29 is 0 Å². The number of pyridine rings is 1. The lowest BCUT2D eigenvalue weighted by Crippen LogP contribution is -2.23. The van der Waals surface area contributed by atoms with E-state index in [9.17, 15) is 0 Å². The Balaban J connectivity index is 2.08. The van der Waals surface area contributed by atoms with Crippen molar-refractivity contribution in [2.75, 3.05) is 0 Å². The second kappa shape index (κ2) is 9.12. The average molecular weight is 415 g/mol. The Hall–Kier alpha value is -2.51. The highest BCUT2D eigenvalue weighted by Gasteiger charge is 2.21. The summed E-state index contributed by atoms with van der Waals surface area (Å²) in [5.74, 6) is 1.08. The van der Waals surface area contributed by atoms with Crippen LogP contribution in [0.25, 0.3) is 0 Å². The predicted molar refractivity (Wildman–Crippen MR) is 115 cm³/mol. The lowest BCUT2D eigenvalue weighted by Gasteiger charge is -2.13. The topological polar surface area (TPSA) is 95.1 Å². The van der Waals surface area contributed by atoms with Crippen molar-refractivity contribution >= 4 is 29.3 Å². The van der Waals surface area contributed by atoms with Gasteiger partial charge in [-0.3, -0.25) is 4.98 Å². The van der Waals surface area contributed by atoms with E-state index in [1.54, 1.807) is 18.0 Å². The highest BCUT2D eigenvalue weighted by molar-refractivity contribution is 7.99. The summed E-state index contributed by atoms with van der Waals surface area (Å²) in [6.45, 7) is 5.14. The third-order valence-corrected chi connectivity index (χ3v) is 5.38. The molecule has 0 saturated heterocycles. The van der Waals surface area contributed by atoms with E-state index in [0.717, 1.165) is 27.1 Å². The number of hydrogen-bond acceptors (Lipinski definition) is 4. The highest BCUT2D eigenvalue weighted by Crippen LogP contribution is 2.36. The van der Waals surface area contributed by atoms with Gasteiger partial charge in [0.25, 0.3) is 0 Å². The summed E-state index contributed by atoms with van der Waals surface area (Å²) in [7, 11) is 0. The molecule has 0 radical (unpaired) electrons. The molecule has 3 aromatic rings. The zero-order chi connectivity index (χ0) is 20.1. The quantitative estimate of drug-likeness (QED) is 0.449. The minimum atomic E-state index is 0.0440. The molecule has 8 heteroatoms. The Morgan fingerprint density at radius 3 is 2.68 bits per heavy atom. The second-order valence-electron chi connectivity index (χ2n) is 6.58. The van der Waals surface area contributed by atoms with Crippen LogP contribution in [0.2, 0.25) is 5.02 Å². The molecule has 0 aliphatic carbocycles. The minimum absolute atomic E-state index is 0.0440. The number of aliphatic imine (C=N–C) groups is 1. The van der Waals surface area contributed by atoms with E-state index in [4.69, 9.17) is 28.1 Å². The molecule has 0 atom stereocenters. The first-order valence-corrected chi connectivity index (χ1v) is 10.1. The third kappa shape index (κ3) is 5.05. The molecule has 0 fully saturated rings. The van der Waals surface area contributed by atoms with Crippen molar-refractivity contribution in [2.24, 2.45) is 16.5 Å². The first-order chi connectivity index (χ1) is 13.4. The Morgan fingerprint density at radius 1 is 1.21 bits per heavy atom. The number of hydrogen-bond donors (Lipinski definition) is 2. The fourth-order valence-corrected chi connectivity index (χ4v) is 4.20. The number of nitrogens with zero attached hydrogens (tertiary/aromatic N) is 4. The number of nitrogens with two attached hydrogens (primary N) is 2. The van der Waals surface area contributed by atoms with E-state index in [1.807, 2.05) is 42.5 Å². The van der Waals surface area contributed by atoms with Gasteiger partial charge < -0.3 is 16.0 Å².